The smallest absolute Gasteiger partial charge is 0.404 e. The molecule has 0 saturated carbocycles. The van der Waals surface area contributed by atoms with Gasteiger partial charge in [-0.2, -0.15) is 9.40 Å². The first-order valence-corrected chi connectivity index (χ1v) is 9.51. The number of aromatic nitrogens is 2. The number of nitrogens with zero attached hydrogens (tertiary/aromatic N) is 3. The van der Waals surface area contributed by atoms with E-state index in [9.17, 15) is 21.6 Å². The van der Waals surface area contributed by atoms with Crippen molar-refractivity contribution in [3.05, 3.63) is 72.6 Å². The summed E-state index contributed by atoms with van der Waals surface area (Å²) in [4.78, 5) is -0.565. The fourth-order valence-corrected chi connectivity index (χ4v) is 3.82. The van der Waals surface area contributed by atoms with Gasteiger partial charge in [0, 0.05) is 25.4 Å². The van der Waals surface area contributed by atoms with E-state index in [1.54, 1.807) is 10.9 Å². The Morgan fingerprint density at radius 1 is 1.07 bits per heavy atom. The topological polar surface area (TPSA) is 64.4 Å². The molecule has 0 amide bonds. The first-order chi connectivity index (χ1) is 13.2. The molecule has 1 heterocycles. The Morgan fingerprint density at radius 3 is 2.39 bits per heavy atom. The summed E-state index contributed by atoms with van der Waals surface area (Å²) in [5.41, 5.74) is 1.37. The van der Waals surface area contributed by atoms with E-state index in [0.717, 1.165) is 22.1 Å². The molecule has 3 aromatic rings. The normalized spacial score (nSPS) is 12.3. The van der Waals surface area contributed by atoms with Crippen LogP contribution in [0.1, 0.15) is 5.56 Å². The van der Waals surface area contributed by atoms with E-state index in [2.05, 4.69) is 9.84 Å². The number of para-hydroxylation sites is 2. The standard InChI is InChI=1S/C18H16F3N3O3S/c1-23(12-14-11-22-24(13-14)15-7-3-2-4-8-15)28(25,26)17-10-6-5-9-16(17)27-18(19,20)21/h2-11,13H,12H2,1H3. The van der Waals surface area contributed by atoms with Crippen molar-refractivity contribution in [1.29, 1.82) is 0 Å². The van der Waals surface area contributed by atoms with Gasteiger partial charge >= 0.3 is 6.36 Å². The summed E-state index contributed by atoms with van der Waals surface area (Å²) in [6.07, 6.45) is -1.85. The van der Waals surface area contributed by atoms with Crippen LogP contribution in [-0.2, 0) is 16.6 Å². The monoisotopic (exact) mass is 411 g/mol. The van der Waals surface area contributed by atoms with Crippen molar-refractivity contribution in [2.24, 2.45) is 0 Å². The number of sulfonamides is 1. The highest BCUT2D eigenvalue weighted by atomic mass is 32.2. The number of ether oxygens (including phenoxy) is 1. The van der Waals surface area contributed by atoms with Gasteiger partial charge in [-0.3, -0.25) is 0 Å². The lowest BCUT2D eigenvalue weighted by Gasteiger charge is -2.19. The third kappa shape index (κ3) is 4.52. The van der Waals surface area contributed by atoms with Crippen molar-refractivity contribution in [2.45, 2.75) is 17.8 Å². The van der Waals surface area contributed by atoms with Gasteiger partial charge in [0.15, 0.2) is 0 Å². The van der Waals surface area contributed by atoms with E-state index in [1.807, 2.05) is 30.3 Å². The van der Waals surface area contributed by atoms with Gasteiger partial charge in [0.2, 0.25) is 10.0 Å². The maximum atomic E-state index is 12.8. The summed E-state index contributed by atoms with van der Waals surface area (Å²) in [6.45, 7) is -0.0739. The van der Waals surface area contributed by atoms with Crippen molar-refractivity contribution in [1.82, 2.24) is 14.1 Å². The maximum absolute atomic E-state index is 12.8. The second-order valence-corrected chi connectivity index (χ2v) is 7.90. The van der Waals surface area contributed by atoms with Crippen LogP contribution < -0.4 is 4.74 Å². The molecule has 148 valence electrons. The third-order valence-electron chi connectivity index (χ3n) is 3.83. The van der Waals surface area contributed by atoms with Crippen molar-refractivity contribution < 1.29 is 26.3 Å². The molecule has 0 aliphatic carbocycles. The predicted molar refractivity (Wildman–Crippen MR) is 95.3 cm³/mol. The van der Waals surface area contributed by atoms with Crippen LogP contribution in [0.2, 0.25) is 0 Å². The number of hydrogen-bond donors (Lipinski definition) is 0. The molecule has 0 radical (unpaired) electrons. The summed E-state index contributed by atoms with van der Waals surface area (Å²) in [6, 6.07) is 13.8. The summed E-state index contributed by atoms with van der Waals surface area (Å²) < 4.78 is 69.7. The van der Waals surface area contributed by atoms with Crippen LogP contribution in [0.25, 0.3) is 5.69 Å². The quantitative estimate of drug-likeness (QED) is 0.622. The largest absolute Gasteiger partial charge is 0.573 e. The fraction of sp³-hybridized carbons (Fsp3) is 0.167. The van der Waals surface area contributed by atoms with Crippen LogP contribution in [0, 0.1) is 0 Å². The Balaban J connectivity index is 1.83. The molecule has 6 nitrogen and oxygen atoms in total. The number of halogens is 3. The first-order valence-electron chi connectivity index (χ1n) is 8.07. The second kappa shape index (κ2) is 7.64. The molecular weight excluding hydrogens is 395 g/mol. The van der Waals surface area contributed by atoms with Crippen molar-refractivity contribution >= 4 is 10.0 Å². The Kier molecular flexibility index (Phi) is 5.43. The summed E-state index contributed by atoms with van der Waals surface area (Å²) in [5, 5.41) is 4.18. The first kappa shape index (κ1) is 19.9. The summed E-state index contributed by atoms with van der Waals surface area (Å²) >= 11 is 0. The molecule has 0 saturated heterocycles. The van der Waals surface area contributed by atoms with E-state index in [4.69, 9.17) is 0 Å². The lowest BCUT2D eigenvalue weighted by molar-refractivity contribution is -0.275. The Hall–Kier alpha value is -2.85. The lowest BCUT2D eigenvalue weighted by Crippen LogP contribution is -2.28. The second-order valence-electron chi connectivity index (χ2n) is 5.88. The van der Waals surface area contributed by atoms with Gasteiger partial charge in [0.25, 0.3) is 0 Å². The van der Waals surface area contributed by atoms with Gasteiger partial charge < -0.3 is 4.74 Å². The van der Waals surface area contributed by atoms with Crippen molar-refractivity contribution in [2.75, 3.05) is 7.05 Å². The molecule has 2 aromatic carbocycles. The Labute approximate surface area is 159 Å². The molecule has 0 bridgehead atoms. The summed E-state index contributed by atoms with van der Waals surface area (Å²) in [5.74, 6) is -0.776. The molecule has 0 aliphatic heterocycles. The van der Waals surface area contributed by atoms with Crippen LogP contribution in [-0.4, -0.2) is 35.9 Å². The fourth-order valence-electron chi connectivity index (χ4n) is 2.55. The van der Waals surface area contributed by atoms with Crippen LogP contribution in [0.5, 0.6) is 5.75 Å². The molecule has 28 heavy (non-hydrogen) atoms. The van der Waals surface area contributed by atoms with E-state index in [0.29, 0.717) is 5.56 Å². The molecule has 1 aromatic heterocycles. The highest BCUT2D eigenvalue weighted by molar-refractivity contribution is 7.89. The average molecular weight is 411 g/mol. The maximum Gasteiger partial charge on any atom is 0.573 e. The molecule has 3 rings (SSSR count). The number of hydrogen-bond acceptors (Lipinski definition) is 4. The lowest BCUT2D eigenvalue weighted by atomic mass is 10.3. The third-order valence-corrected chi connectivity index (χ3v) is 5.67. The molecule has 10 heteroatoms. The molecule has 0 spiro atoms. The van der Waals surface area contributed by atoms with Gasteiger partial charge in [-0.15, -0.1) is 13.2 Å². The molecule has 0 aliphatic rings. The highest BCUT2D eigenvalue weighted by Gasteiger charge is 2.35. The van der Waals surface area contributed by atoms with E-state index < -0.39 is 27.0 Å². The highest BCUT2D eigenvalue weighted by Crippen LogP contribution is 2.31. The van der Waals surface area contributed by atoms with Crippen LogP contribution in [0.15, 0.2) is 71.9 Å². The van der Waals surface area contributed by atoms with Crippen LogP contribution in [0.4, 0.5) is 13.2 Å². The number of rotatable bonds is 6. The zero-order valence-electron chi connectivity index (χ0n) is 14.7. The number of benzene rings is 2. The molecular formula is C18H16F3N3O3S. The van der Waals surface area contributed by atoms with E-state index in [-0.39, 0.29) is 6.54 Å². The molecule has 0 fully saturated rings. The van der Waals surface area contributed by atoms with E-state index >= 15 is 0 Å². The van der Waals surface area contributed by atoms with Crippen molar-refractivity contribution in [3.63, 3.8) is 0 Å². The zero-order valence-corrected chi connectivity index (χ0v) is 15.5. The summed E-state index contributed by atoms with van der Waals surface area (Å²) in [7, 11) is -2.95. The van der Waals surface area contributed by atoms with E-state index in [1.165, 1.54) is 25.4 Å². The minimum Gasteiger partial charge on any atom is -0.404 e. The Bertz CT molecular complexity index is 1050. The van der Waals surface area contributed by atoms with Crippen LogP contribution in [0.3, 0.4) is 0 Å². The van der Waals surface area contributed by atoms with Gasteiger partial charge in [-0.25, -0.2) is 13.1 Å². The minimum atomic E-state index is -5.00. The van der Waals surface area contributed by atoms with Crippen molar-refractivity contribution in [3.8, 4) is 11.4 Å². The van der Waals surface area contributed by atoms with Gasteiger partial charge in [0.1, 0.15) is 10.6 Å². The molecule has 0 N–H and O–H groups in total. The van der Waals surface area contributed by atoms with Gasteiger partial charge in [-0.05, 0) is 24.3 Å². The number of alkyl halides is 3. The molecule has 0 atom stereocenters. The Morgan fingerprint density at radius 2 is 1.71 bits per heavy atom. The SMILES string of the molecule is CN(Cc1cnn(-c2ccccc2)c1)S(=O)(=O)c1ccccc1OC(F)(F)F. The van der Waals surface area contributed by atoms with Gasteiger partial charge in [-0.1, -0.05) is 30.3 Å². The minimum absolute atomic E-state index is 0.0739. The average Bonchev–Trinajstić information content (AvgIpc) is 3.10. The zero-order chi connectivity index (χ0) is 20.4. The van der Waals surface area contributed by atoms with Crippen LogP contribution >= 0.6 is 0 Å². The molecule has 0 unspecified atom stereocenters. The van der Waals surface area contributed by atoms with Gasteiger partial charge in [0.05, 0.1) is 11.9 Å². The predicted octanol–water partition coefficient (Wildman–Crippen LogP) is 3.59.